The molecule has 2 nitrogen and oxygen atoms in total. The second kappa shape index (κ2) is 5.87. The van der Waals surface area contributed by atoms with E-state index < -0.39 is 0 Å². The van der Waals surface area contributed by atoms with Crippen LogP contribution in [0.15, 0.2) is 18.2 Å². The molecule has 1 heterocycles. The SMILES string of the molecule is Cc1cc(C)cc(C2(CNC(C)(C)C)CCOCC2)c1. The predicted molar refractivity (Wildman–Crippen MR) is 85.4 cm³/mol. The van der Waals surface area contributed by atoms with Crippen molar-refractivity contribution in [1.82, 2.24) is 5.32 Å². The molecule has 2 heteroatoms. The zero-order chi connectivity index (χ0) is 14.8. The first kappa shape index (κ1) is 15.5. The van der Waals surface area contributed by atoms with Gasteiger partial charge >= 0.3 is 0 Å². The van der Waals surface area contributed by atoms with E-state index in [-0.39, 0.29) is 11.0 Å². The number of benzene rings is 1. The van der Waals surface area contributed by atoms with Gasteiger partial charge in [0.25, 0.3) is 0 Å². The molecule has 0 radical (unpaired) electrons. The van der Waals surface area contributed by atoms with Crippen LogP contribution in [0.4, 0.5) is 0 Å². The molecule has 1 saturated heterocycles. The van der Waals surface area contributed by atoms with E-state index >= 15 is 0 Å². The largest absolute Gasteiger partial charge is 0.381 e. The number of hydrogen-bond acceptors (Lipinski definition) is 2. The third-order valence-corrected chi connectivity index (χ3v) is 4.24. The lowest BCUT2D eigenvalue weighted by atomic mass is 9.73. The first-order chi connectivity index (χ1) is 9.31. The smallest absolute Gasteiger partial charge is 0.0475 e. The van der Waals surface area contributed by atoms with Crippen molar-refractivity contribution in [3.63, 3.8) is 0 Å². The van der Waals surface area contributed by atoms with Gasteiger partial charge in [-0.3, -0.25) is 0 Å². The summed E-state index contributed by atoms with van der Waals surface area (Å²) in [7, 11) is 0. The van der Waals surface area contributed by atoms with E-state index in [1.165, 1.54) is 16.7 Å². The Kier molecular flexibility index (Phi) is 4.55. The van der Waals surface area contributed by atoms with Gasteiger partial charge in [0.2, 0.25) is 0 Å². The van der Waals surface area contributed by atoms with Gasteiger partial charge in [-0.25, -0.2) is 0 Å². The standard InChI is InChI=1S/C18H29NO/c1-14-10-15(2)12-16(11-14)18(6-8-20-9-7-18)13-19-17(3,4)5/h10-12,19H,6-9,13H2,1-5H3. The van der Waals surface area contributed by atoms with Crippen molar-refractivity contribution >= 4 is 0 Å². The van der Waals surface area contributed by atoms with Crippen molar-refractivity contribution in [2.24, 2.45) is 0 Å². The summed E-state index contributed by atoms with van der Waals surface area (Å²) in [5.74, 6) is 0. The van der Waals surface area contributed by atoms with Crippen LogP contribution in [0.25, 0.3) is 0 Å². The van der Waals surface area contributed by atoms with Crippen LogP contribution in [0.5, 0.6) is 0 Å². The van der Waals surface area contributed by atoms with Gasteiger partial charge in [-0.1, -0.05) is 29.3 Å². The minimum Gasteiger partial charge on any atom is -0.381 e. The van der Waals surface area contributed by atoms with E-state index in [1.54, 1.807) is 0 Å². The fraction of sp³-hybridized carbons (Fsp3) is 0.667. The van der Waals surface area contributed by atoms with Crippen LogP contribution in [-0.2, 0) is 10.2 Å². The van der Waals surface area contributed by atoms with Crippen LogP contribution < -0.4 is 5.32 Å². The van der Waals surface area contributed by atoms with Crippen molar-refractivity contribution in [2.45, 2.75) is 58.4 Å². The summed E-state index contributed by atoms with van der Waals surface area (Å²) >= 11 is 0. The van der Waals surface area contributed by atoms with Crippen LogP contribution in [0.1, 0.15) is 50.3 Å². The molecule has 1 aliphatic heterocycles. The van der Waals surface area contributed by atoms with Crippen LogP contribution in [0, 0.1) is 13.8 Å². The van der Waals surface area contributed by atoms with Gasteiger partial charge in [-0.05, 0) is 53.0 Å². The average molecular weight is 275 g/mol. The summed E-state index contributed by atoms with van der Waals surface area (Å²) in [5, 5.41) is 3.71. The van der Waals surface area contributed by atoms with Crippen LogP contribution in [-0.4, -0.2) is 25.3 Å². The summed E-state index contributed by atoms with van der Waals surface area (Å²) in [6.07, 6.45) is 2.22. The molecule has 2 rings (SSSR count). The highest BCUT2D eigenvalue weighted by molar-refractivity contribution is 5.35. The van der Waals surface area contributed by atoms with Crippen molar-refractivity contribution in [3.05, 3.63) is 34.9 Å². The van der Waals surface area contributed by atoms with Crippen molar-refractivity contribution < 1.29 is 4.74 Å². The minimum atomic E-state index is 0.157. The monoisotopic (exact) mass is 275 g/mol. The molecule has 1 fully saturated rings. The van der Waals surface area contributed by atoms with Crippen LogP contribution in [0.2, 0.25) is 0 Å². The van der Waals surface area contributed by atoms with Crippen molar-refractivity contribution in [1.29, 1.82) is 0 Å². The second-order valence-corrected chi connectivity index (χ2v) is 7.37. The summed E-state index contributed by atoms with van der Waals surface area (Å²) in [6, 6.07) is 6.99. The molecule has 1 N–H and O–H groups in total. The third kappa shape index (κ3) is 3.83. The number of rotatable bonds is 3. The average Bonchev–Trinajstić information content (AvgIpc) is 2.35. The quantitative estimate of drug-likeness (QED) is 0.907. The van der Waals surface area contributed by atoms with E-state index in [0.717, 1.165) is 32.6 Å². The first-order valence-electron chi connectivity index (χ1n) is 7.72. The number of hydrogen-bond donors (Lipinski definition) is 1. The number of aryl methyl sites for hydroxylation is 2. The lowest BCUT2D eigenvalue weighted by Crippen LogP contribution is -2.48. The Morgan fingerprint density at radius 3 is 2.10 bits per heavy atom. The van der Waals surface area contributed by atoms with Gasteiger partial charge in [0, 0.05) is 30.7 Å². The Hall–Kier alpha value is -0.860. The fourth-order valence-corrected chi connectivity index (χ4v) is 3.04. The van der Waals surface area contributed by atoms with Crippen LogP contribution in [0.3, 0.4) is 0 Å². The summed E-state index contributed by atoms with van der Waals surface area (Å²) in [6.45, 7) is 13.9. The molecular formula is C18H29NO. The lowest BCUT2D eigenvalue weighted by Gasteiger charge is -2.40. The van der Waals surface area contributed by atoms with Gasteiger partial charge in [-0.15, -0.1) is 0 Å². The van der Waals surface area contributed by atoms with Gasteiger partial charge in [-0.2, -0.15) is 0 Å². The van der Waals surface area contributed by atoms with E-state index in [9.17, 15) is 0 Å². The van der Waals surface area contributed by atoms with Gasteiger partial charge in [0.15, 0.2) is 0 Å². The lowest BCUT2D eigenvalue weighted by molar-refractivity contribution is 0.0476. The molecular weight excluding hydrogens is 246 g/mol. The Morgan fingerprint density at radius 2 is 1.60 bits per heavy atom. The molecule has 1 aromatic carbocycles. The maximum atomic E-state index is 5.61. The molecule has 1 aromatic rings. The zero-order valence-corrected chi connectivity index (χ0v) is 13.7. The molecule has 0 saturated carbocycles. The molecule has 0 atom stereocenters. The summed E-state index contributed by atoms with van der Waals surface area (Å²) in [5.41, 5.74) is 4.59. The maximum Gasteiger partial charge on any atom is 0.0475 e. The second-order valence-electron chi connectivity index (χ2n) is 7.37. The van der Waals surface area contributed by atoms with Crippen molar-refractivity contribution in [2.75, 3.05) is 19.8 Å². The highest BCUT2D eigenvalue weighted by atomic mass is 16.5. The molecule has 0 unspecified atom stereocenters. The predicted octanol–water partition coefficient (Wildman–Crippen LogP) is 3.74. The maximum absolute atomic E-state index is 5.61. The Morgan fingerprint density at radius 1 is 1.05 bits per heavy atom. The molecule has 0 amide bonds. The van der Waals surface area contributed by atoms with Gasteiger partial charge < -0.3 is 10.1 Å². The molecule has 0 spiro atoms. The Labute approximate surface area is 123 Å². The molecule has 112 valence electrons. The Bertz CT molecular complexity index is 433. The van der Waals surface area contributed by atoms with E-state index in [2.05, 4.69) is 58.1 Å². The minimum absolute atomic E-state index is 0.157. The van der Waals surface area contributed by atoms with Gasteiger partial charge in [0.05, 0.1) is 0 Å². The normalized spacial score (nSPS) is 19.1. The highest BCUT2D eigenvalue weighted by Gasteiger charge is 2.35. The van der Waals surface area contributed by atoms with E-state index in [0.29, 0.717) is 0 Å². The topological polar surface area (TPSA) is 21.3 Å². The summed E-state index contributed by atoms with van der Waals surface area (Å²) in [4.78, 5) is 0. The highest BCUT2D eigenvalue weighted by Crippen LogP contribution is 2.35. The molecule has 20 heavy (non-hydrogen) atoms. The van der Waals surface area contributed by atoms with E-state index in [1.807, 2.05) is 0 Å². The van der Waals surface area contributed by atoms with Crippen LogP contribution >= 0.6 is 0 Å². The molecule has 1 aliphatic rings. The zero-order valence-electron chi connectivity index (χ0n) is 13.7. The first-order valence-corrected chi connectivity index (χ1v) is 7.72. The fourth-order valence-electron chi connectivity index (χ4n) is 3.04. The molecule has 0 aromatic heterocycles. The number of ether oxygens (including phenoxy) is 1. The van der Waals surface area contributed by atoms with E-state index in [4.69, 9.17) is 4.74 Å². The molecule has 0 aliphatic carbocycles. The third-order valence-electron chi connectivity index (χ3n) is 4.24. The summed E-state index contributed by atoms with van der Waals surface area (Å²) < 4.78 is 5.61. The van der Waals surface area contributed by atoms with Crippen molar-refractivity contribution in [3.8, 4) is 0 Å². The number of nitrogens with one attached hydrogen (secondary N) is 1. The molecule has 0 bridgehead atoms. The van der Waals surface area contributed by atoms with Gasteiger partial charge in [0.1, 0.15) is 0 Å². The Balaban J connectivity index is 2.30.